The Morgan fingerprint density at radius 1 is 1.16 bits per heavy atom. The first-order valence-corrected chi connectivity index (χ1v) is 8.65. The van der Waals surface area contributed by atoms with Gasteiger partial charge in [0, 0.05) is 30.4 Å². The summed E-state index contributed by atoms with van der Waals surface area (Å²) in [4.78, 5) is 19.5. The van der Waals surface area contributed by atoms with E-state index in [0.29, 0.717) is 25.4 Å². The van der Waals surface area contributed by atoms with Crippen molar-refractivity contribution in [1.29, 1.82) is 0 Å². The second-order valence-corrected chi connectivity index (χ2v) is 6.30. The van der Waals surface area contributed by atoms with Crippen LogP contribution < -0.4 is 0 Å². The van der Waals surface area contributed by atoms with Crippen molar-refractivity contribution in [3.8, 4) is 0 Å². The normalized spacial score (nSPS) is 17.3. The maximum absolute atomic E-state index is 13.1. The smallest absolute Gasteiger partial charge is 0.272 e. The molecule has 1 aliphatic rings. The van der Waals surface area contributed by atoms with Crippen LogP contribution in [0.25, 0.3) is 10.9 Å². The number of para-hydroxylation sites is 1. The molecule has 128 valence electrons. The third kappa shape index (κ3) is 3.15. The van der Waals surface area contributed by atoms with Crippen molar-refractivity contribution >= 4 is 16.8 Å². The fourth-order valence-electron chi connectivity index (χ4n) is 3.40. The maximum Gasteiger partial charge on any atom is 0.272 e. The topological polar surface area (TPSA) is 47.4 Å². The van der Waals surface area contributed by atoms with Gasteiger partial charge >= 0.3 is 0 Å². The lowest BCUT2D eigenvalue weighted by Gasteiger charge is -2.24. The van der Waals surface area contributed by atoms with E-state index in [9.17, 15) is 4.79 Å². The molecule has 1 aliphatic heterocycles. The quantitative estimate of drug-likeness (QED) is 0.739. The van der Waals surface area contributed by atoms with E-state index in [4.69, 9.17) is 4.74 Å². The highest BCUT2D eigenvalue weighted by Gasteiger charge is 2.26. The highest BCUT2D eigenvalue weighted by molar-refractivity contribution is 5.94. The molecule has 0 fully saturated rings. The molecule has 3 aromatic rings. The van der Waals surface area contributed by atoms with Crippen LogP contribution in [-0.4, -0.2) is 39.6 Å². The Bertz CT molecular complexity index is 903. The molecule has 0 saturated carbocycles. The third-order valence-electron chi connectivity index (χ3n) is 4.61. The van der Waals surface area contributed by atoms with Gasteiger partial charge in [0.05, 0.1) is 24.7 Å². The highest BCUT2D eigenvalue weighted by atomic mass is 16.5. The lowest BCUT2D eigenvalue weighted by atomic mass is 10.2. The fraction of sp³-hybridized carbons (Fsp3) is 0.300. The standard InChI is InChI=1S/C20H21N3O2/c1-2-25-17-13-22-11-5-7-16(22)12-23(14-17)20(24)19-10-9-15-6-3-4-8-18(15)21-19/h3-11,17H,2,12-14H2,1H3/t17-/m1/s1. The maximum atomic E-state index is 13.1. The zero-order chi connectivity index (χ0) is 17.2. The second kappa shape index (κ2) is 6.69. The molecule has 1 atom stereocenters. The molecule has 0 bridgehead atoms. The summed E-state index contributed by atoms with van der Waals surface area (Å²) < 4.78 is 8.01. The number of fused-ring (bicyclic) bond motifs is 2. The van der Waals surface area contributed by atoms with Crippen molar-refractivity contribution in [2.24, 2.45) is 0 Å². The number of pyridine rings is 1. The Labute approximate surface area is 146 Å². The summed E-state index contributed by atoms with van der Waals surface area (Å²) in [7, 11) is 0. The van der Waals surface area contributed by atoms with E-state index in [1.54, 1.807) is 0 Å². The lowest BCUT2D eigenvalue weighted by Crippen LogP contribution is -2.37. The molecule has 2 aromatic heterocycles. The van der Waals surface area contributed by atoms with Crippen LogP contribution in [0.1, 0.15) is 23.1 Å². The number of aromatic nitrogens is 2. The first-order valence-electron chi connectivity index (χ1n) is 8.65. The van der Waals surface area contributed by atoms with Crippen LogP contribution in [0.15, 0.2) is 54.7 Å². The van der Waals surface area contributed by atoms with Crippen molar-refractivity contribution in [2.75, 3.05) is 13.2 Å². The highest BCUT2D eigenvalue weighted by Crippen LogP contribution is 2.19. The van der Waals surface area contributed by atoms with Crippen LogP contribution >= 0.6 is 0 Å². The van der Waals surface area contributed by atoms with E-state index in [-0.39, 0.29) is 12.0 Å². The summed E-state index contributed by atoms with van der Waals surface area (Å²) >= 11 is 0. The number of benzene rings is 1. The Balaban J connectivity index is 1.65. The molecule has 1 aromatic carbocycles. The zero-order valence-corrected chi connectivity index (χ0v) is 14.3. The largest absolute Gasteiger partial charge is 0.375 e. The first-order chi connectivity index (χ1) is 12.2. The van der Waals surface area contributed by atoms with E-state index in [2.05, 4.69) is 15.6 Å². The molecule has 0 radical (unpaired) electrons. The van der Waals surface area contributed by atoms with Gasteiger partial charge in [0.2, 0.25) is 0 Å². The summed E-state index contributed by atoms with van der Waals surface area (Å²) in [5.74, 6) is -0.0508. The van der Waals surface area contributed by atoms with Crippen molar-refractivity contribution in [1.82, 2.24) is 14.5 Å². The number of hydrogen-bond acceptors (Lipinski definition) is 3. The Kier molecular flexibility index (Phi) is 4.24. The van der Waals surface area contributed by atoms with Crippen LogP contribution in [0.3, 0.4) is 0 Å². The number of carbonyl (C=O) groups excluding carboxylic acids is 1. The average Bonchev–Trinajstić information content (AvgIpc) is 2.99. The molecule has 5 nitrogen and oxygen atoms in total. The van der Waals surface area contributed by atoms with Crippen molar-refractivity contribution < 1.29 is 9.53 Å². The van der Waals surface area contributed by atoms with Crippen LogP contribution in [-0.2, 0) is 17.8 Å². The number of ether oxygens (including phenoxy) is 1. The average molecular weight is 335 g/mol. The van der Waals surface area contributed by atoms with Gasteiger partial charge < -0.3 is 14.2 Å². The van der Waals surface area contributed by atoms with E-state index in [1.807, 2.05) is 60.5 Å². The molecule has 0 aliphatic carbocycles. The first kappa shape index (κ1) is 15.8. The van der Waals surface area contributed by atoms with Gasteiger partial charge in [-0.25, -0.2) is 4.98 Å². The number of rotatable bonds is 3. The number of carbonyl (C=O) groups is 1. The summed E-state index contributed by atoms with van der Waals surface area (Å²) in [6, 6.07) is 15.7. The second-order valence-electron chi connectivity index (χ2n) is 6.30. The van der Waals surface area contributed by atoms with Gasteiger partial charge in [-0.05, 0) is 31.2 Å². The van der Waals surface area contributed by atoms with Crippen molar-refractivity contribution in [3.63, 3.8) is 0 Å². The predicted octanol–water partition coefficient (Wildman–Crippen LogP) is 3.10. The molecule has 4 rings (SSSR count). The molecule has 5 heteroatoms. The zero-order valence-electron chi connectivity index (χ0n) is 14.3. The fourth-order valence-corrected chi connectivity index (χ4v) is 3.40. The van der Waals surface area contributed by atoms with E-state index in [1.165, 1.54) is 0 Å². The van der Waals surface area contributed by atoms with Crippen molar-refractivity contribution in [3.05, 3.63) is 66.1 Å². The lowest BCUT2D eigenvalue weighted by molar-refractivity contribution is 0.0256. The van der Waals surface area contributed by atoms with Gasteiger partial charge in [0.15, 0.2) is 0 Å². The van der Waals surface area contributed by atoms with Crippen LogP contribution in [0.4, 0.5) is 0 Å². The molecule has 0 saturated heterocycles. The predicted molar refractivity (Wildman–Crippen MR) is 96.3 cm³/mol. The number of amides is 1. The Morgan fingerprint density at radius 2 is 2.04 bits per heavy atom. The minimum absolute atomic E-state index is 0.0111. The van der Waals surface area contributed by atoms with Gasteiger partial charge in [-0.2, -0.15) is 0 Å². The summed E-state index contributed by atoms with van der Waals surface area (Å²) in [5, 5.41) is 1.04. The van der Waals surface area contributed by atoms with Crippen LogP contribution in [0, 0.1) is 0 Å². The van der Waals surface area contributed by atoms with E-state index in [0.717, 1.165) is 23.1 Å². The summed E-state index contributed by atoms with van der Waals surface area (Å²) in [6.07, 6.45) is 2.03. The minimum Gasteiger partial charge on any atom is -0.375 e. The molecule has 0 spiro atoms. The van der Waals surface area contributed by atoms with Crippen LogP contribution in [0.5, 0.6) is 0 Å². The van der Waals surface area contributed by atoms with Gasteiger partial charge in [-0.15, -0.1) is 0 Å². The monoisotopic (exact) mass is 335 g/mol. The number of nitrogens with zero attached hydrogens (tertiary/aromatic N) is 3. The molecule has 0 unspecified atom stereocenters. The van der Waals surface area contributed by atoms with Gasteiger partial charge in [0.1, 0.15) is 5.69 Å². The molecular weight excluding hydrogens is 314 g/mol. The minimum atomic E-state index is -0.0508. The molecule has 0 N–H and O–H groups in total. The molecule has 1 amide bonds. The van der Waals surface area contributed by atoms with Crippen LogP contribution in [0.2, 0.25) is 0 Å². The van der Waals surface area contributed by atoms with Gasteiger partial charge in [0.25, 0.3) is 5.91 Å². The van der Waals surface area contributed by atoms with E-state index >= 15 is 0 Å². The van der Waals surface area contributed by atoms with Crippen molar-refractivity contribution in [2.45, 2.75) is 26.1 Å². The van der Waals surface area contributed by atoms with E-state index < -0.39 is 0 Å². The third-order valence-corrected chi connectivity index (χ3v) is 4.61. The Hall–Kier alpha value is -2.66. The summed E-state index contributed by atoms with van der Waals surface area (Å²) in [6.45, 7) is 4.54. The Morgan fingerprint density at radius 3 is 2.92 bits per heavy atom. The van der Waals surface area contributed by atoms with Gasteiger partial charge in [-0.1, -0.05) is 24.3 Å². The summed E-state index contributed by atoms with van der Waals surface area (Å²) in [5.41, 5.74) is 2.44. The molecule has 3 heterocycles. The van der Waals surface area contributed by atoms with Gasteiger partial charge in [-0.3, -0.25) is 4.79 Å². The molecule has 25 heavy (non-hydrogen) atoms. The number of hydrogen-bond donors (Lipinski definition) is 0. The SMILES string of the molecule is CCO[C@H]1CN(C(=O)c2ccc3ccccc3n2)Cc2cccn2C1. The molecular formula is C20H21N3O2.